The Hall–Kier alpha value is -1.18. The maximum atomic E-state index is 10.7. The van der Waals surface area contributed by atoms with Crippen LogP contribution in [-0.4, -0.2) is 10.2 Å². The Labute approximate surface area is 155 Å². The molecule has 0 bridgehead atoms. The van der Waals surface area contributed by atoms with Crippen molar-refractivity contribution in [2.45, 2.75) is 92.9 Å². The van der Waals surface area contributed by atoms with E-state index in [2.05, 4.69) is 47.6 Å². The third kappa shape index (κ3) is 7.30. The SMILES string of the molecule is CCC(C)CCCc1cc(CCC(C)C)c(O)c(CCC(C)C)c1O. The van der Waals surface area contributed by atoms with Crippen molar-refractivity contribution >= 4 is 0 Å². The minimum absolute atomic E-state index is 0.337. The molecule has 0 radical (unpaired) electrons. The average Bonchev–Trinajstić information content (AvgIpc) is 2.55. The number of hydrogen-bond donors (Lipinski definition) is 2. The summed E-state index contributed by atoms with van der Waals surface area (Å²) >= 11 is 0. The summed E-state index contributed by atoms with van der Waals surface area (Å²) in [6, 6.07) is 2.06. The second-order valence-corrected chi connectivity index (χ2v) is 8.64. The summed E-state index contributed by atoms with van der Waals surface area (Å²) in [4.78, 5) is 0. The van der Waals surface area contributed by atoms with E-state index in [9.17, 15) is 10.2 Å². The van der Waals surface area contributed by atoms with E-state index in [0.29, 0.717) is 23.3 Å². The van der Waals surface area contributed by atoms with Gasteiger partial charge in [-0.05, 0) is 73.5 Å². The van der Waals surface area contributed by atoms with Crippen molar-refractivity contribution in [3.63, 3.8) is 0 Å². The Bertz CT molecular complexity index is 517. The van der Waals surface area contributed by atoms with Crippen LogP contribution in [0.4, 0.5) is 0 Å². The van der Waals surface area contributed by atoms with Gasteiger partial charge >= 0.3 is 0 Å². The normalized spacial score (nSPS) is 13.0. The van der Waals surface area contributed by atoms with Gasteiger partial charge in [-0.2, -0.15) is 0 Å². The van der Waals surface area contributed by atoms with Crippen LogP contribution in [0.25, 0.3) is 0 Å². The standard InChI is InChI=1S/C23H40O2/c1-7-18(6)9-8-10-19-15-20(13-11-16(2)3)23(25)21(22(19)24)14-12-17(4)5/h15-18,24-25H,7-14H2,1-6H3. The van der Waals surface area contributed by atoms with Crippen molar-refractivity contribution in [2.75, 3.05) is 0 Å². The van der Waals surface area contributed by atoms with Gasteiger partial charge in [-0.1, -0.05) is 54.4 Å². The molecule has 0 amide bonds. The van der Waals surface area contributed by atoms with Gasteiger partial charge in [-0.25, -0.2) is 0 Å². The van der Waals surface area contributed by atoms with Crippen molar-refractivity contribution in [3.05, 3.63) is 22.8 Å². The first kappa shape index (κ1) is 21.9. The highest BCUT2D eigenvalue weighted by atomic mass is 16.3. The number of aromatic hydroxyl groups is 2. The maximum absolute atomic E-state index is 10.7. The fraction of sp³-hybridized carbons (Fsp3) is 0.739. The van der Waals surface area contributed by atoms with Gasteiger partial charge in [0.05, 0.1) is 0 Å². The Morgan fingerprint density at radius 3 is 1.80 bits per heavy atom. The fourth-order valence-electron chi connectivity index (χ4n) is 3.19. The van der Waals surface area contributed by atoms with E-state index < -0.39 is 0 Å². The van der Waals surface area contributed by atoms with E-state index in [0.717, 1.165) is 61.1 Å². The van der Waals surface area contributed by atoms with Crippen LogP contribution in [0.2, 0.25) is 0 Å². The highest BCUT2D eigenvalue weighted by molar-refractivity contribution is 5.53. The fourth-order valence-corrected chi connectivity index (χ4v) is 3.19. The topological polar surface area (TPSA) is 40.5 Å². The highest BCUT2D eigenvalue weighted by Gasteiger charge is 2.18. The van der Waals surface area contributed by atoms with Crippen LogP contribution in [0.15, 0.2) is 6.07 Å². The number of hydrogen-bond acceptors (Lipinski definition) is 2. The molecule has 0 aromatic heterocycles. The highest BCUT2D eigenvalue weighted by Crippen LogP contribution is 2.37. The van der Waals surface area contributed by atoms with Crippen molar-refractivity contribution in [1.82, 2.24) is 0 Å². The smallest absolute Gasteiger partial charge is 0.125 e. The minimum atomic E-state index is 0.337. The molecule has 2 N–H and O–H groups in total. The van der Waals surface area contributed by atoms with Gasteiger partial charge in [0.1, 0.15) is 11.5 Å². The van der Waals surface area contributed by atoms with Gasteiger partial charge in [0, 0.05) is 5.56 Å². The molecule has 0 heterocycles. The van der Waals surface area contributed by atoms with E-state index >= 15 is 0 Å². The van der Waals surface area contributed by atoms with E-state index in [1.807, 2.05) is 0 Å². The molecule has 2 nitrogen and oxygen atoms in total. The van der Waals surface area contributed by atoms with E-state index in [4.69, 9.17) is 0 Å². The lowest BCUT2D eigenvalue weighted by Crippen LogP contribution is -2.02. The van der Waals surface area contributed by atoms with Gasteiger partial charge < -0.3 is 10.2 Å². The molecule has 25 heavy (non-hydrogen) atoms. The molecule has 144 valence electrons. The van der Waals surface area contributed by atoms with Gasteiger partial charge in [-0.15, -0.1) is 0 Å². The largest absolute Gasteiger partial charge is 0.507 e. The molecule has 0 aliphatic heterocycles. The Kier molecular flexibility index (Phi) is 9.38. The zero-order chi connectivity index (χ0) is 19.0. The van der Waals surface area contributed by atoms with Crippen molar-refractivity contribution in [2.24, 2.45) is 17.8 Å². The number of phenolic OH excluding ortho intramolecular Hbond substituents is 2. The molecule has 0 saturated heterocycles. The quantitative estimate of drug-likeness (QED) is 0.470. The van der Waals surface area contributed by atoms with Crippen LogP contribution in [0.3, 0.4) is 0 Å². The maximum Gasteiger partial charge on any atom is 0.125 e. The predicted octanol–water partition coefficient (Wildman–Crippen LogP) is 6.64. The van der Waals surface area contributed by atoms with Crippen molar-refractivity contribution in [1.29, 1.82) is 0 Å². The Morgan fingerprint density at radius 1 is 0.760 bits per heavy atom. The molecule has 0 saturated carbocycles. The van der Waals surface area contributed by atoms with Crippen LogP contribution >= 0.6 is 0 Å². The lowest BCUT2D eigenvalue weighted by atomic mass is 9.90. The lowest BCUT2D eigenvalue weighted by molar-refractivity contribution is 0.419. The second-order valence-electron chi connectivity index (χ2n) is 8.64. The number of rotatable bonds is 11. The lowest BCUT2D eigenvalue weighted by Gasteiger charge is -2.18. The average molecular weight is 349 g/mol. The predicted molar refractivity (Wildman–Crippen MR) is 108 cm³/mol. The van der Waals surface area contributed by atoms with E-state index in [-0.39, 0.29) is 0 Å². The van der Waals surface area contributed by atoms with Gasteiger partial charge in [0.15, 0.2) is 0 Å². The summed E-state index contributed by atoms with van der Waals surface area (Å²) in [5, 5.41) is 21.5. The van der Waals surface area contributed by atoms with Crippen LogP contribution in [-0.2, 0) is 19.3 Å². The third-order valence-electron chi connectivity index (χ3n) is 5.33. The molecule has 2 heteroatoms. The van der Waals surface area contributed by atoms with E-state index in [1.54, 1.807) is 0 Å². The number of aryl methyl sites for hydroxylation is 2. The molecule has 0 fully saturated rings. The molecule has 0 aliphatic carbocycles. The molecule has 0 aliphatic rings. The molecular weight excluding hydrogens is 308 g/mol. The van der Waals surface area contributed by atoms with Crippen molar-refractivity contribution in [3.8, 4) is 11.5 Å². The minimum Gasteiger partial charge on any atom is -0.507 e. The first-order chi connectivity index (χ1) is 11.8. The third-order valence-corrected chi connectivity index (χ3v) is 5.33. The summed E-state index contributed by atoms with van der Waals surface area (Å²) in [7, 11) is 0. The Morgan fingerprint density at radius 2 is 1.28 bits per heavy atom. The first-order valence-electron chi connectivity index (χ1n) is 10.3. The monoisotopic (exact) mass is 348 g/mol. The summed E-state index contributed by atoms with van der Waals surface area (Å²) in [5.41, 5.74) is 2.82. The van der Waals surface area contributed by atoms with E-state index in [1.165, 1.54) is 12.8 Å². The molecular formula is C23H40O2. The van der Waals surface area contributed by atoms with Crippen LogP contribution < -0.4 is 0 Å². The molecule has 1 atom stereocenters. The van der Waals surface area contributed by atoms with Gasteiger partial charge in [0.2, 0.25) is 0 Å². The van der Waals surface area contributed by atoms with Crippen LogP contribution in [0.1, 0.15) is 90.3 Å². The van der Waals surface area contributed by atoms with Crippen molar-refractivity contribution < 1.29 is 10.2 Å². The molecule has 0 spiro atoms. The summed E-state index contributed by atoms with van der Waals surface area (Å²) in [5.74, 6) is 2.59. The van der Waals surface area contributed by atoms with Gasteiger partial charge in [0.25, 0.3) is 0 Å². The zero-order valence-corrected chi connectivity index (χ0v) is 17.4. The number of benzene rings is 1. The summed E-state index contributed by atoms with van der Waals surface area (Å²) in [6.07, 6.45) is 8.09. The second kappa shape index (κ2) is 10.7. The molecule has 1 unspecified atom stereocenters. The van der Waals surface area contributed by atoms with Gasteiger partial charge in [-0.3, -0.25) is 0 Å². The van der Waals surface area contributed by atoms with Crippen LogP contribution in [0.5, 0.6) is 11.5 Å². The summed E-state index contributed by atoms with van der Waals surface area (Å²) < 4.78 is 0. The molecule has 1 aromatic carbocycles. The summed E-state index contributed by atoms with van der Waals surface area (Å²) in [6.45, 7) is 13.3. The first-order valence-corrected chi connectivity index (χ1v) is 10.3. The molecule has 1 rings (SSSR count). The molecule has 1 aromatic rings. The zero-order valence-electron chi connectivity index (χ0n) is 17.4. The van der Waals surface area contributed by atoms with Crippen LogP contribution in [0, 0.1) is 17.8 Å². The number of phenols is 2. The Balaban J connectivity index is 3.03.